The molecule has 0 amide bonds. The van der Waals surface area contributed by atoms with Gasteiger partial charge >= 0.3 is 6.18 Å². The van der Waals surface area contributed by atoms with Crippen molar-refractivity contribution in [1.29, 1.82) is 0 Å². The largest absolute Gasteiger partial charge is 0.417 e. The van der Waals surface area contributed by atoms with E-state index in [1.54, 1.807) is 7.05 Å². The van der Waals surface area contributed by atoms with Gasteiger partial charge in [0.1, 0.15) is 5.82 Å². The Labute approximate surface area is 203 Å². The number of hydrogen-bond donors (Lipinski definition) is 2. The second kappa shape index (κ2) is 11.2. The van der Waals surface area contributed by atoms with Crippen LogP contribution in [0.4, 0.5) is 19.0 Å². The molecule has 7 nitrogen and oxygen atoms in total. The van der Waals surface area contributed by atoms with Gasteiger partial charge in [0.25, 0.3) is 0 Å². The van der Waals surface area contributed by atoms with Crippen LogP contribution in [0.3, 0.4) is 0 Å². The predicted molar refractivity (Wildman–Crippen MR) is 129 cm³/mol. The van der Waals surface area contributed by atoms with Gasteiger partial charge in [0.15, 0.2) is 5.96 Å². The quantitative estimate of drug-likeness (QED) is 0.327. The highest BCUT2D eigenvalue weighted by molar-refractivity contribution is 14.0. The van der Waals surface area contributed by atoms with Crippen molar-refractivity contribution in [3.05, 3.63) is 22.8 Å². The molecule has 2 fully saturated rings. The lowest BCUT2D eigenvalue weighted by atomic mass is 10.2. The van der Waals surface area contributed by atoms with Crippen molar-refractivity contribution in [3.63, 3.8) is 0 Å². The van der Waals surface area contributed by atoms with Crippen LogP contribution in [0.2, 0.25) is 5.02 Å². The molecule has 1 aromatic rings. The third kappa shape index (κ3) is 6.96. The number of anilines is 1. The van der Waals surface area contributed by atoms with Gasteiger partial charge in [-0.25, -0.2) is 4.98 Å². The van der Waals surface area contributed by atoms with Crippen LogP contribution in [-0.2, 0) is 6.18 Å². The summed E-state index contributed by atoms with van der Waals surface area (Å²) < 4.78 is 38.5. The van der Waals surface area contributed by atoms with E-state index < -0.39 is 11.7 Å². The van der Waals surface area contributed by atoms with Gasteiger partial charge in [0.05, 0.1) is 10.6 Å². The van der Waals surface area contributed by atoms with E-state index in [-0.39, 0.29) is 35.0 Å². The molecule has 2 unspecified atom stereocenters. The zero-order valence-corrected chi connectivity index (χ0v) is 21.0. The minimum Gasteiger partial charge on any atom is -0.355 e. The summed E-state index contributed by atoms with van der Waals surface area (Å²) in [6.45, 7) is 5.12. The van der Waals surface area contributed by atoms with E-state index in [1.807, 2.05) is 4.90 Å². The average molecular weight is 576 g/mol. The van der Waals surface area contributed by atoms with Crippen molar-refractivity contribution in [1.82, 2.24) is 25.4 Å². The van der Waals surface area contributed by atoms with Crippen LogP contribution in [0.1, 0.15) is 12.0 Å². The fourth-order valence-corrected chi connectivity index (χ4v) is 4.10. The monoisotopic (exact) mass is 575 g/mol. The molecule has 176 valence electrons. The van der Waals surface area contributed by atoms with Crippen LogP contribution in [-0.4, -0.2) is 93.2 Å². The number of piperazine rings is 1. The van der Waals surface area contributed by atoms with Gasteiger partial charge in [-0.1, -0.05) is 11.6 Å². The Hall–Kier alpha value is -1.05. The zero-order valence-electron chi connectivity index (χ0n) is 17.9. The summed E-state index contributed by atoms with van der Waals surface area (Å²) in [6, 6.07) is 1.43. The van der Waals surface area contributed by atoms with Crippen molar-refractivity contribution < 1.29 is 13.2 Å². The number of guanidine groups is 1. The molecule has 2 aliphatic rings. The molecule has 3 rings (SSSR count). The highest BCUT2D eigenvalue weighted by Gasteiger charge is 2.33. The van der Waals surface area contributed by atoms with E-state index in [4.69, 9.17) is 11.6 Å². The fourth-order valence-electron chi connectivity index (χ4n) is 3.81. The zero-order chi connectivity index (χ0) is 21.9. The van der Waals surface area contributed by atoms with E-state index in [0.29, 0.717) is 24.9 Å². The number of alkyl halides is 3. The highest BCUT2D eigenvalue weighted by atomic mass is 127. The summed E-state index contributed by atoms with van der Waals surface area (Å²) in [7, 11) is 5.98. The molecule has 31 heavy (non-hydrogen) atoms. The van der Waals surface area contributed by atoms with Crippen molar-refractivity contribution in [2.45, 2.75) is 24.7 Å². The number of hydrogen-bond acceptors (Lipinski definition) is 5. The Balaban J connectivity index is 0.00000341. The molecular weight excluding hydrogens is 546 g/mol. The Morgan fingerprint density at radius 1 is 1.26 bits per heavy atom. The van der Waals surface area contributed by atoms with E-state index in [0.717, 1.165) is 50.8 Å². The van der Waals surface area contributed by atoms with Crippen LogP contribution in [0.15, 0.2) is 17.3 Å². The molecule has 0 aromatic carbocycles. The van der Waals surface area contributed by atoms with Crippen LogP contribution in [0, 0.1) is 0 Å². The molecule has 2 atom stereocenters. The topological polar surface area (TPSA) is 59.0 Å². The Bertz CT molecular complexity index is 765. The molecule has 0 aliphatic carbocycles. The lowest BCUT2D eigenvalue weighted by molar-refractivity contribution is -0.137. The summed E-state index contributed by atoms with van der Waals surface area (Å²) in [4.78, 5) is 14.8. The van der Waals surface area contributed by atoms with Crippen molar-refractivity contribution in [3.8, 4) is 0 Å². The van der Waals surface area contributed by atoms with Gasteiger partial charge in [-0.2, -0.15) is 13.2 Å². The summed E-state index contributed by atoms with van der Waals surface area (Å²) >= 11 is 6.09. The molecular formula is C19H30ClF3IN7. The number of nitrogens with zero attached hydrogens (tertiary/aromatic N) is 5. The molecule has 0 saturated carbocycles. The number of aromatic nitrogens is 1. The maximum atomic E-state index is 12.8. The molecule has 0 spiro atoms. The number of pyridine rings is 1. The third-order valence-electron chi connectivity index (χ3n) is 5.69. The van der Waals surface area contributed by atoms with Crippen molar-refractivity contribution >= 4 is 47.4 Å². The Kier molecular flexibility index (Phi) is 9.46. The van der Waals surface area contributed by atoms with Crippen LogP contribution in [0.25, 0.3) is 0 Å². The highest BCUT2D eigenvalue weighted by Crippen LogP contribution is 2.34. The molecule has 0 bridgehead atoms. The molecule has 1 aromatic heterocycles. The smallest absolute Gasteiger partial charge is 0.355 e. The van der Waals surface area contributed by atoms with Gasteiger partial charge in [-0.05, 0) is 26.6 Å². The van der Waals surface area contributed by atoms with Crippen molar-refractivity contribution in [2.75, 3.05) is 65.3 Å². The van der Waals surface area contributed by atoms with Crippen LogP contribution >= 0.6 is 35.6 Å². The van der Waals surface area contributed by atoms with E-state index >= 15 is 0 Å². The first-order valence-corrected chi connectivity index (χ1v) is 10.4. The average Bonchev–Trinajstić information content (AvgIpc) is 3.15. The van der Waals surface area contributed by atoms with Gasteiger partial charge < -0.3 is 20.4 Å². The number of nitrogens with one attached hydrogen (secondary N) is 2. The van der Waals surface area contributed by atoms with Crippen LogP contribution < -0.4 is 15.5 Å². The minimum atomic E-state index is -4.45. The maximum absolute atomic E-state index is 12.8. The molecule has 3 heterocycles. The molecule has 0 radical (unpaired) electrons. The minimum absolute atomic E-state index is 0. The normalized spacial score (nSPS) is 23.6. The van der Waals surface area contributed by atoms with E-state index in [1.165, 1.54) is 0 Å². The van der Waals surface area contributed by atoms with Gasteiger partial charge in [0.2, 0.25) is 0 Å². The molecule has 2 saturated heterocycles. The summed E-state index contributed by atoms with van der Waals surface area (Å²) in [5.74, 6) is 1.10. The summed E-state index contributed by atoms with van der Waals surface area (Å²) in [5.41, 5.74) is -0.840. The number of rotatable bonds is 4. The van der Waals surface area contributed by atoms with Gasteiger partial charge in [-0.15, -0.1) is 24.0 Å². The lowest BCUT2D eigenvalue weighted by Gasteiger charge is -2.38. The molecule has 2 aliphatic heterocycles. The number of aliphatic imine (C=N–C) groups is 1. The second-order valence-electron chi connectivity index (χ2n) is 7.95. The SMILES string of the molecule is CN=C(NCC1CN(C)CCN1C)NC1CCN(c2ncc(C(F)(F)F)cc2Cl)C1.I. The van der Waals surface area contributed by atoms with Gasteiger partial charge in [-0.3, -0.25) is 9.89 Å². The first kappa shape index (κ1) is 26.2. The van der Waals surface area contributed by atoms with Crippen molar-refractivity contribution in [2.24, 2.45) is 4.99 Å². The standard InChI is InChI=1S/C19H29ClF3N7.HI/c1-24-18(26-10-15-12-28(2)6-7-29(15)3)27-14-4-5-30(11-14)17-16(20)8-13(9-25-17)19(21,22)23;/h8-9,14-15H,4-7,10-12H2,1-3H3,(H2,24,26,27);1H. The Morgan fingerprint density at radius 2 is 2.00 bits per heavy atom. The van der Waals surface area contributed by atoms with E-state index in [2.05, 4.69) is 44.5 Å². The first-order valence-electron chi connectivity index (χ1n) is 10.0. The number of likely N-dealkylation sites (N-methyl/N-ethyl adjacent to an activating group) is 2. The third-order valence-corrected chi connectivity index (χ3v) is 5.96. The second-order valence-corrected chi connectivity index (χ2v) is 8.36. The summed E-state index contributed by atoms with van der Waals surface area (Å²) in [6.07, 6.45) is -2.81. The first-order chi connectivity index (χ1) is 14.2. The predicted octanol–water partition coefficient (Wildman–Crippen LogP) is 2.36. The molecule has 2 N–H and O–H groups in total. The van der Waals surface area contributed by atoms with E-state index in [9.17, 15) is 13.2 Å². The summed E-state index contributed by atoms with van der Waals surface area (Å²) in [5, 5.41) is 6.80. The maximum Gasteiger partial charge on any atom is 0.417 e. The van der Waals surface area contributed by atoms with Gasteiger partial charge in [0, 0.05) is 64.6 Å². The lowest BCUT2D eigenvalue weighted by Crippen LogP contribution is -2.56. The fraction of sp³-hybridized carbons (Fsp3) is 0.684. The number of halogens is 5. The Morgan fingerprint density at radius 3 is 2.65 bits per heavy atom. The van der Waals surface area contributed by atoms with Crippen LogP contribution in [0.5, 0.6) is 0 Å². The molecule has 12 heteroatoms.